The third kappa shape index (κ3) is 3.51. The van der Waals surface area contributed by atoms with Crippen molar-refractivity contribution in [3.05, 3.63) is 41.3 Å². The minimum absolute atomic E-state index is 0.409. The number of methoxy groups -OCH3 is 1. The monoisotopic (exact) mass is 341 g/mol. The molecule has 0 saturated carbocycles. The number of aromatic nitrogens is 4. The van der Waals surface area contributed by atoms with E-state index < -0.39 is 0 Å². The topological polar surface area (TPSA) is 72.8 Å². The van der Waals surface area contributed by atoms with E-state index >= 15 is 0 Å². The van der Waals surface area contributed by atoms with Crippen molar-refractivity contribution in [1.29, 1.82) is 0 Å². The lowest BCUT2D eigenvalue weighted by Gasteiger charge is -2.06. The molecule has 3 aromatic rings. The number of aryl methyl sites for hydroxylation is 1. The zero-order valence-corrected chi connectivity index (χ0v) is 14.9. The third-order valence-corrected chi connectivity index (χ3v) is 4.88. The fraction of sp³-hybridized carbons (Fsp3) is 0.294. The van der Waals surface area contributed by atoms with E-state index in [2.05, 4.69) is 39.1 Å². The van der Waals surface area contributed by atoms with Crippen molar-refractivity contribution >= 4 is 23.0 Å². The van der Waals surface area contributed by atoms with Crippen LogP contribution in [0.5, 0.6) is 5.88 Å². The normalized spacial score (nSPS) is 10.9. The van der Waals surface area contributed by atoms with E-state index in [9.17, 15) is 0 Å². The first-order chi connectivity index (χ1) is 11.6. The van der Waals surface area contributed by atoms with Crippen molar-refractivity contribution in [2.24, 2.45) is 0 Å². The summed E-state index contributed by atoms with van der Waals surface area (Å²) in [5.41, 5.74) is 2.67. The maximum Gasteiger partial charge on any atom is 0.227 e. The van der Waals surface area contributed by atoms with Crippen LogP contribution in [-0.2, 0) is 0 Å². The highest BCUT2D eigenvalue weighted by molar-refractivity contribution is 7.15. The molecule has 0 atom stereocenters. The summed E-state index contributed by atoms with van der Waals surface area (Å²) in [6.45, 7) is 6.30. The van der Waals surface area contributed by atoms with Gasteiger partial charge in [0.15, 0.2) is 0 Å². The van der Waals surface area contributed by atoms with Gasteiger partial charge in [-0.05, 0) is 19.1 Å². The number of ether oxygens (including phenoxy) is 1. The molecule has 0 fully saturated rings. The number of hydrogen-bond acceptors (Lipinski definition) is 7. The van der Waals surface area contributed by atoms with Crippen molar-refractivity contribution in [2.75, 3.05) is 12.4 Å². The molecule has 0 radical (unpaired) electrons. The summed E-state index contributed by atoms with van der Waals surface area (Å²) in [7, 11) is 1.59. The van der Waals surface area contributed by atoms with Crippen molar-refractivity contribution in [3.8, 4) is 16.5 Å². The summed E-state index contributed by atoms with van der Waals surface area (Å²) in [6, 6.07) is 5.56. The van der Waals surface area contributed by atoms with Crippen molar-refractivity contribution in [3.63, 3.8) is 0 Å². The van der Waals surface area contributed by atoms with Crippen molar-refractivity contribution in [1.82, 2.24) is 19.9 Å². The highest BCUT2D eigenvalue weighted by Gasteiger charge is 2.14. The molecule has 3 aromatic heterocycles. The first kappa shape index (κ1) is 16.3. The molecule has 0 aromatic carbocycles. The molecule has 3 rings (SSSR count). The zero-order chi connectivity index (χ0) is 17.1. The minimum Gasteiger partial charge on any atom is -0.481 e. The molecule has 0 unspecified atom stereocenters. The van der Waals surface area contributed by atoms with E-state index in [-0.39, 0.29) is 0 Å². The first-order valence-corrected chi connectivity index (χ1v) is 8.46. The lowest BCUT2D eigenvalue weighted by Crippen LogP contribution is -1.98. The molecule has 0 aliphatic heterocycles. The Morgan fingerprint density at radius 3 is 2.58 bits per heavy atom. The van der Waals surface area contributed by atoms with Crippen LogP contribution in [0, 0.1) is 6.92 Å². The van der Waals surface area contributed by atoms with Crippen LogP contribution < -0.4 is 10.1 Å². The fourth-order valence-corrected chi connectivity index (χ4v) is 3.19. The molecular weight excluding hydrogens is 322 g/mol. The number of thiazole rings is 1. The van der Waals surface area contributed by atoms with E-state index in [1.54, 1.807) is 36.9 Å². The Morgan fingerprint density at radius 1 is 1.12 bits per heavy atom. The van der Waals surface area contributed by atoms with Gasteiger partial charge in [0.25, 0.3) is 0 Å². The molecule has 24 heavy (non-hydrogen) atoms. The van der Waals surface area contributed by atoms with E-state index in [4.69, 9.17) is 4.74 Å². The molecule has 0 saturated heterocycles. The predicted molar refractivity (Wildman–Crippen MR) is 96.0 cm³/mol. The van der Waals surface area contributed by atoms with Gasteiger partial charge in [0.2, 0.25) is 11.8 Å². The van der Waals surface area contributed by atoms with Crippen LogP contribution in [0.25, 0.3) is 10.6 Å². The van der Waals surface area contributed by atoms with E-state index in [0.717, 1.165) is 27.0 Å². The Morgan fingerprint density at radius 2 is 1.96 bits per heavy atom. The van der Waals surface area contributed by atoms with Gasteiger partial charge >= 0.3 is 0 Å². The number of anilines is 2. The second kappa shape index (κ2) is 6.92. The average Bonchev–Trinajstić information content (AvgIpc) is 2.98. The summed E-state index contributed by atoms with van der Waals surface area (Å²) in [5, 5.41) is 4.28. The summed E-state index contributed by atoms with van der Waals surface area (Å²) < 4.78 is 5.06. The van der Waals surface area contributed by atoms with Gasteiger partial charge in [-0.3, -0.25) is 0 Å². The SMILES string of the molecule is COc1ccc(Nc2nccc(-c3sc(C(C)C)nc3C)n2)cn1. The largest absolute Gasteiger partial charge is 0.481 e. The van der Waals surface area contributed by atoms with Gasteiger partial charge in [0.1, 0.15) is 0 Å². The molecule has 0 aliphatic rings. The molecule has 0 amide bonds. The van der Waals surface area contributed by atoms with Gasteiger partial charge in [0.05, 0.1) is 40.3 Å². The maximum absolute atomic E-state index is 5.06. The lowest BCUT2D eigenvalue weighted by molar-refractivity contribution is 0.398. The molecule has 124 valence electrons. The molecule has 0 aliphatic carbocycles. The molecule has 0 spiro atoms. The summed E-state index contributed by atoms with van der Waals surface area (Å²) >= 11 is 1.68. The highest BCUT2D eigenvalue weighted by Crippen LogP contribution is 2.32. The number of hydrogen-bond donors (Lipinski definition) is 1. The second-order valence-electron chi connectivity index (χ2n) is 5.60. The summed E-state index contributed by atoms with van der Waals surface area (Å²) in [6.07, 6.45) is 3.43. The van der Waals surface area contributed by atoms with E-state index in [1.165, 1.54) is 0 Å². The van der Waals surface area contributed by atoms with Crippen LogP contribution in [0.3, 0.4) is 0 Å². The molecule has 6 nitrogen and oxygen atoms in total. The number of pyridine rings is 1. The van der Waals surface area contributed by atoms with E-state index in [0.29, 0.717) is 17.7 Å². The van der Waals surface area contributed by atoms with Crippen LogP contribution in [0.2, 0.25) is 0 Å². The van der Waals surface area contributed by atoms with Gasteiger partial charge < -0.3 is 10.1 Å². The van der Waals surface area contributed by atoms with Gasteiger partial charge in [0, 0.05) is 18.2 Å². The molecule has 0 bridgehead atoms. The predicted octanol–water partition coefficient (Wildman–Crippen LogP) is 4.18. The first-order valence-electron chi connectivity index (χ1n) is 7.64. The van der Waals surface area contributed by atoms with Gasteiger partial charge in [-0.1, -0.05) is 13.8 Å². The quantitative estimate of drug-likeness (QED) is 0.750. The van der Waals surface area contributed by atoms with Gasteiger partial charge in [-0.25, -0.2) is 19.9 Å². The Bertz CT molecular complexity index is 829. The van der Waals surface area contributed by atoms with Gasteiger partial charge in [-0.15, -0.1) is 11.3 Å². The maximum atomic E-state index is 5.06. The van der Waals surface area contributed by atoms with Crippen LogP contribution >= 0.6 is 11.3 Å². The molecule has 7 heteroatoms. The summed E-state index contributed by atoms with van der Waals surface area (Å²) in [4.78, 5) is 18.8. The van der Waals surface area contributed by atoms with Crippen molar-refractivity contribution in [2.45, 2.75) is 26.7 Å². The average molecular weight is 341 g/mol. The standard InChI is InChI=1S/C17H19N5OS/c1-10(2)16-20-11(3)15(24-16)13-7-8-18-17(22-13)21-12-5-6-14(23-4)19-9-12/h5-10H,1-4H3,(H,18,21,22). The Kier molecular flexibility index (Phi) is 4.71. The lowest BCUT2D eigenvalue weighted by atomic mass is 10.2. The van der Waals surface area contributed by atoms with Crippen LogP contribution in [0.1, 0.15) is 30.5 Å². The van der Waals surface area contributed by atoms with Crippen LogP contribution in [0.15, 0.2) is 30.6 Å². The third-order valence-electron chi connectivity index (χ3n) is 3.40. The van der Waals surface area contributed by atoms with Crippen LogP contribution in [0.4, 0.5) is 11.6 Å². The zero-order valence-electron chi connectivity index (χ0n) is 14.1. The Balaban J connectivity index is 1.86. The second-order valence-corrected chi connectivity index (χ2v) is 6.63. The molecule has 1 N–H and O–H groups in total. The van der Waals surface area contributed by atoms with Gasteiger partial charge in [-0.2, -0.15) is 0 Å². The fourth-order valence-electron chi connectivity index (χ4n) is 2.15. The number of rotatable bonds is 5. The number of nitrogens with zero attached hydrogens (tertiary/aromatic N) is 4. The molecule has 3 heterocycles. The molecular formula is C17H19N5OS. The minimum atomic E-state index is 0.409. The van der Waals surface area contributed by atoms with Crippen LogP contribution in [-0.4, -0.2) is 27.0 Å². The summed E-state index contributed by atoms with van der Waals surface area (Å²) in [5.74, 6) is 1.50. The van der Waals surface area contributed by atoms with E-state index in [1.807, 2.05) is 19.1 Å². The number of nitrogens with one attached hydrogen (secondary N) is 1. The Hall–Kier alpha value is -2.54. The van der Waals surface area contributed by atoms with Crippen molar-refractivity contribution < 1.29 is 4.74 Å². The Labute approximate surface area is 145 Å². The highest BCUT2D eigenvalue weighted by atomic mass is 32.1. The smallest absolute Gasteiger partial charge is 0.227 e.